The molecule has 4 aliphatic heterocycles. The van der Waals surface area contributed by atoms with Crippen molar-refractivity contribution in [3.8, 4) is 34.0 Å². The first-order valence-corrected chi connectivity index (χ1v) is 24.4. The highest BCUT2D eigenvalue weighted by Crippen LogP contribution is 2.40. The van der Waals surface area contributed by atoms with Crippen molar-refractivity contribution >= 4 is 51.8 Å². The van der Waals surface area contributed by atoms with E-state index in [0.29, 0.717) is 49.9 Å². The number of rotatable bonds is 11. The van der Waals surface area contributed by atoms with E-state index in [1.54, 1.807) is 35.4 Å². The fourth-order valence-corrected chi connectivity index (χ4v) is 11.1. The number of ether oxygens (including phenoxy) is 1. The summed E-state index contributed by atoms with van der Waals surface area (Å²) >= 11 is 0. The van der Waals surface area contributed by atoms with E-state index in [1.807, 2.05) is 66.5 Å². The number of piperazine rings is 1. The summed E-state index contributed by atoms with van der Waals surface area (Å²) < 4.78 is 10.1. The molecule has 4 amide bonds. The van der Waals surface area contributed by atoms with Crippen molar-refractivity contribution in [3.63, 3.8) is 0 Å². The number of urea groups is 1. The van der Waals surface area contributed by atoms with Gasteiger partial charge < -0.3 is 14.5 Å². The Labute approximate surface area is 410 Å². The molecule has 0 bridgehead atoms. The molecule has 5 aromatic heterocycles. The number of para-hydroxylation sites is 1. The number of fused-ring (bicyclic) bond motifs is 1. The number of benzene rings is 2. The van der Waals surface area contributed by atoms with E-state index in [2.05, 4.69) is 55.2 Å². The molecule has 4 aliphatic rings. The lowest BCUT2D eigenvalue weighted by molar-refractivity contribution is -0.134. The molecule has 7 aromatic rings. The minimum atomic E-state index is -0.439. The van der Waals surface area contributed by atoms with Gasteiger partial charge in [-0.3, -0.25) is 39.3 Å². The Morgan fingerprint density at radius 3 is 2.27 bits per heavy atom. The summed E-state index contributed by atoms with van der Waals surface area (Å²) in [6.07, 6.45) is 10.5. The van der Waals surface area contributed by atoms with Gasteiger partial charge in [0, 0.05) is 114 Å². The second kappa shape index (κ2) is 18.8. The van der Waals surface area contributed by atoms with E-state index in [0.717, 1.165) is 114 Å². The molecule has 2 aromatic carbocycles. The highest BCUT2D eigenvalue weighted by molar-refractivity contribution is 6.07. The highest BCUT2D eigenvalue weighted by Gasteiger charge is 2.35. The van der Waals surface area contributed by atoms with Crippen molar-refractivity contribution in [2.24, 2.45) is 14.1 Å². The van der Waals surface area contributed by atoms with Crippen LogP contribution in [0.4, 0.5) is 27.8 Å². The molecule has 0 spiro atoms. The Morgan fingerprint density at radius 2 is 1.54 bits per heavy atom. The molecule has 1 N–H and O–H groups in total. The average molecular weight is 957 g/mol. The number of methoxy groups -OCH3 is 1. The third-order valence-electron chi connectivity index (χ3n) is 14.7. The molecule has 1 atom stereocenters. The molecule has 11 rings (SSSR count). The average Bonchev–Trinajstić information content (AvgIpc) is 4.06. The van der Waals surface area contributed by atoms with Gasteiger partial charge >= 0.3 is 17.7 Å². The first-order valence-electron chi connectivity index (χ1n) is 24.4. The lowest BCUT2D eigenvalue weighted by Gasteiger charge is -2.43. The zero-order valence-electron chi connectivity index (χ0n) is 40.4. The van der Waals surface area contributed by atoms with Gasteiger partial charge in [-0.15, -0.1) is 5.10 Å². The number of carbonyl (C=O) groups excluding carboxylic acids is 3. The monoisotopic (exact) mass is 956 g/mol. The molecule has 19 nitrogen and oxygen atoms in total. The molecule has 19 heteroatoms. The molecule has 4 saturated heterocycles. The number of amides is 4. The Morgan fingerprint density at radius 1 is 0.718 bits per heavy atom. The maximum atomic E-state index is 13.9. The van der Waals surface area contributed by atoms with Crippen LogP contribution in [0.25, 0.3) is 38.8 Å². The zero-order chi connectivity index (χ0) is 48.9. The van der Waals surface area contributed by atoms with Crippen LogP contribution in [0.1, 0.15) is 49.8 Å². The zero-order valence-corrected chi connectivity index (χ0v) is 40.4. The van der Waals surface area contributed by atoms with Gasteiger partial charge in [0.05, 0.1) is 47.5 Å². The number of nitrogens with zero attached hydrogens (tertiary/aromatic N) is 13. The third kappa shape index (κ3) is 8.22. The summed E-state index contributed by atoms with van der Waals surface area (Å²) in [5.41, 5.74) is 8.34. The number of pyridine rings is 3. The van der Waals surface area contributed by atoms with Crippen LogP contribution < -0.4 is 35.3 Å². The minimum absolute atomic E-state index is 0.151. The highest BCUT2D eigenvalue weighted by atomic mass is 16.5. The molecular weight excluding hydrogens is 901 g/mol. The first-order chi connectivity index (χ1) is 34.6. The molecule has 9 heterocycles. The van der Waals surface area contributed by atoms with Gasteiger partial charge in [-0.1, -0.05) is 25.1 Å². The second-order valence-corrected chi connectivity index (χ2v) is 18.6. The largest absolute Gasteiger partial charge is 0.467 e. The Hall–Kier alpha value is -7.93. The van der Waals surface area contributed by atoms with Crippen LogP contribution in [0, 0.1) is 0 Å². The number of aryl methyl sites for hydroxylation is 2. The van der Waals surface area contributed by atoms with Crippen LogP contribution in [0.3, 0.4) is 0 Å². The van der Waals surface area contributed by atoms with Crippen molar-refractivity contribution in [2.75, 3.05) is 79.1 Å². The summed E-state index contributed by atoms with van der Waals surface area (Å²) in [6.45, 7) is 8.48. The number of anilines is 4. The molecule has 4 fully saturated rings. The number of hydrogen-bond acceptors (Lipinski definition) is 13. The summed E-state index contributed by atoms with van der Waals surface area (Å²) in [4.78, 5) is 77.0. The van der Waals surface area contributed by atoms with E-state index in [4.69, 9.17) is 19.8 Å². The van der Waals surface area contributed by atoms with Crippen molar-refractivity contribution in [1.29, 1.82) is 0 Å². The van der Waals surface area contributed by atoms with Gasteiger partial charge in [0.25, 0.3) is 0 Å². The van der Waals surface area contributed by atoms with Crippen LogP contribution in [0.15, 0.2) is 96.3 Å². The number of hydrogen-bond donors (Lipinski definition) is 1. The van der Waals surface area contributed by atoms with Gasteiger partial charge in [0.15, 0.2) is 0 Å². The Bertz CT molecular complexity index is 3220. The predicted octanol–water partition coefficient (Wildman–Crippen LogP) is 5.31. The predicted molar refractivity (Wildman–Crippen MR) is 270 cm³/mol. The van der Waals surface area contributed by atoms with Gasteiger partial charge in [-0.25, -0.2) is 28.8 Å². The number of piperidine rings is 2. The number of nitrogens with one attached hydrogen (secondary N) is 1. The van der Waals surface area contributed by atoms with E-state index >= 15 is 0 Å². The standard InChI is InChI=1S/C52H56N14O5/c1-5-37-39(17-21-54-48(37)65-29-28-64(52(65)70)36-8-7-20-53-32-36)38-13-12-35(66-50(71-4)58-60(3)51(66)69)30-42(38)33-11-15-44(55-31-33)63-22-18-34(19-23-63)61-24-26-62(27-25-61)43-10-6-9-40-46(57-59(2)47(40)43)41-14-16-45(67)56-49(41)68/h6-13,15,17,20-21,30-32,34,41H,5,14,16,18-19,22-29H2,1-4H3,(H,56,67,68). The number of aromatic nitrogens is 8. The molecule has 364 valence electrons. The summed E-state index contributed by atoms with van der Waals surface area (Å²) in [5, 5.41) is 12.6. The van der Waals surface area contributed by atoms with Crippen LogP contribution >= 0.6 is 0 Å². The van der Waals surface area contributed by atoms with Crippen molar-refractivity contribution < 1.29 is 19.1 Å². The second-order valence-electron chi connectivity index (χ2n) is 18.6. The topological polar surface area (TPSA) is 185 Å². The molecule has 0 aliphatic carbocycles. The van der Waals surface area contributed by atoms with Crippen molar-refractivity contribution in [3.05, 3.63) is 113 Å². The quantitative estimate of drug-likeness (QED) is 0.165. The van der Waals surface area contributed by atoms with E-state index in [-0.39, 0.29) is 29.5 Å². The Kier molecular flexibility index (Phi) is 12.0. The van der Waals surface area contributed by atoms with E-state index < -0.39 is 5.92 Å². The van der Waals surface area contributed by atoms with Crippen LogP contribution in [0.2, 0.25) is 0 Å². The fourth-order valence-electron chi connectivity index (χ4n) is 11.1. The van der Waals surface area contributed by atoms with E-state index in [9.17, 15) is 19.2 Å². The molecule has 0 saturated carbocycles. The summed E-state index contributed by atoms with van der Waals surface area (Å²) in [7, 11) is 5.03. The van der Waals surface area contributed by atoms with Gasteiger partial charge in [0.2, 0.25) is 11.8 Å². The third-order valence-corrected chi connectivity index (χ3v) is 14.7. The molecule has 0 radical (unpaired) electrons. The number of carbonyl (C=O) groups is 3. The molecule has 1 unspecified atom stereocenters. The van der Waals surface area contributed by atoms with Crippen LogP contribution in [-0.2, 0) is 30.1 Å². The van der Waals surface area contributed by atoms with Gasteiger partial charge in [-0.05, 0) is 90.9 Å². The minimum Gasteiger partial charge on any atom is -0.467 e. The van der Waals surface area contributed by atoms with Crippen molar-refractivity contribution in [1.82, 2.24) is 49.3 Å². The van der Waals surface area contributed by atoms with Gasteiger partial charge in [-0.2, -0.15) is 5.10 Å². The van der Waals surface area contributed by atoms with Gasteiger partial charge in [0.1, 0.15) is 11.6 Å². The lowest BCUT2D eigenvalue weighted by Crippen LogP contribution is -2.53. The maximum Gasteiger partial charge on any atom is 0.353 e. The number of imide groups is 1. The first kappa shape index (κ1) is 45.5. The summed E-state index contributed by atoms with van der Waals surface area (Å²) in [6, 6.07) is 22.5. The maximum absolute atomic E-state index is 13.9. The fraction of sp³-hybridized carbons (Fsp3) is 0.365. The lowest BCUT2D eigenvalue weighted by atomic mass is 9.91. The van der Waals surface area contributed by atoms with E-state index in [1.165, 1.54) is 16.4 Å². The summed E-state index contributed by atoms with van der Waals surface area (Å²) in [5.74, 6) is 0.590. The van der Waals surface area contributed by atoms with Crippen LogP contribution in [0.5, 0.6) is 6.01 Å². The SMILES string of the molecule is CCc1c(-c2ccc(-n3c(OC)nn(C)c3=O)cc2-c2ccc(N3CCC(N4CCN(c5cccc6c(C7CCC(=O)NC7=O)nn(C)c56)CC4)CC3)nc2)ccnc1N1CCN(c2cccnc2)C1=O. The molecular formula is C52H56N14O5. The Balaban J connectivity index is 0.811. The van der Waals surface area contributed by atoms with Crippen molar-refractivity contribution in [2.45, 2.75) is 51.0 Å². The normalized spacial score (nSPS) is 18.3. The molecule has 71 heavy (non-hydrogen) atoms. The smallest absolute Gasteiger partial charge is 0.353 e. The van der Waals surface area contributed by atoms with Crippen LogP contribution in [-0.4, -0.2) is 127 Å².